The molecule has 0 saturated carbocycles. The zero-order chi connectivity index (χ0) is 13.2. The first-order valence-corrected chi connectivity index (χ1v) is 6.79. The Morgan fingerprint density at radius 2 is 2.21 bits per heavy atom. The van der Waals surface area contributed by atoms with Gasteiger partial charge in [-0.15, -0.1) is 0 Å². The molecule has 100 valence electrons. The number of aromatic nitrogens is 2. The molecule has 0 aliphatic carbocycles. The summed E-state index contributed by atoms with van der Waals surface area (Å²) in [5.41, 5.74) is 8.50. The molecular formula is C15H20N4. The first-order chi connectivity index (χ1) is 9.22. The summed E-state index contributed by atoms with van der Waals surface area (Å²) in [6.07, 6.45) is 3.76. The molecule has 2 heterocycles. The number of nitrogens with two attached hydrogens (primary N) is 1. The van der Waals surface area contributed by atoms with Crippen LogP contribution in [0.4, 0.5) is 0 Å². The Bertz CT molecular complexity index is 525. The van der Waals surface area contributed by atoms with Gasteiger partial charge in [0.2, 0.25) is 0 Å². The fourth-order valence-electron chi connectivity index (χ4n) is 2.70. The van der Waals surface area contributed by atoms with E-state index >= 15 is 0 Å². The van der Waals surface area contributed by atoms with E-state index in [-0.39, 0.29) is 0 Å². The van der Waals surface area contributed by atoms with E-state index in [0.717, 1.165) is 25.3 Å². The summed E-state index contributed by atoms with van der Waals surface area (Å²) < 4.78 is 1.89. The highest BCUT2D eigenvalue weighted by Crippen LogP contribution is 2.18. The Kier molecular flexibility index (Phi) is 3.36. The van der Waals surface area contributed by atoms with E-state index in [9.17, 15) is 0 Å². The quantitative estimate of drug-likeness (QED) is 0.908. The first-order valence-electron chi connectivity index (χ1n) is 6.79. The highest BCUT2D eigenvalue weighted by molar-refractivity contribution is 5.35. The normalized spacial score (nSPS) is 23.9. The summed E-state index contributed by atoms with van der Waals surface area (Å²) in [5, 5.41) is 4.27. The lowest BCUT2D eigenvalue weighted by Crippen LogP contribution is -2.28. The molecule has 3 rings (SSSR count). The van der Waals surface area contributed by atoms with Crippen LogP contribution >= 0.6 is 0 Å². The van der Waals surface area contributed by atoms with Crippen LogP contribution in [0.1, 0.15) is 12.5 Å². The first kappa shape index (κ1) is 12.4. The van der Waals surface area contributed by atoms with Gasteiger partial charge in [0.1, 0.15) is 0 Å². The Morgan fingerprint density at radius 1 is 1.32 bits per heavy atom. The average Bonchev–Trinajstić information content (AvgIpc) is 3.01. The van der Waals surface area contributed by atoms with Crippen molar-refractivity contribution >= 4 is 0 Å². The van der Waals surface area contributed by atoms with Crippen LogP contribution in [0.15, 0.2) is 42.7 Å². The standard InChI is InChI=1S/C15H20N4/c1-12-9-18(11-15(12)16)10-13-4-2-5-14(8-13)19-7-3-6-17-19/h2-8,12,15H,9-11,16H2,1H3. The van der Waals surface area contributed by atoms with Crippen LogP contribution in [0.3, 0.4) is 0 Å². The van der Waals surface area contributed by atoms with E-state index in [1.807, 2.05) is 16.9 Å². The van der Waals surface area contributed by atoms with Crippen molar-refractivity contribution in [1.29, 1.82) is 0 Å². The number of benzene rings is 1. The minimum absolute atomic E-state index is 0.314. The SMILES string of the molecule is CC1CN(Cc2cccc(-n3cccn3)c2)CC1N. The molecular weight excluding hydrogens is 236 g/mol. The number of nitrogens with zero attached hydrogens (tertiary/aromatic N) is 3. The molecule has 4 heteroatoms. The zero-order valence-electron chi connectivity index (χ0n) is 11.2. The fourth-order valence-corrected chi connectivity index (χ4v) is 2.70. The lowest BCUT2D eigenvalue weighted by Gasteiger charge is -2.15. The van der Waals surface area contributed by atoms with Crippen molar-refractivity contribution in [3.63, 3.8) is 0 Å². The third kappa shape index (κ3) is 2.69. The third-order valence-corrected chi connectivity index (χ3v) is 3.83. The summed E-state index contributed by atoms with van der Waals surface area (Å²) in [5.74, 6) is 0.592. The predicted octanol–water partition coefficient (Wildman–Crippen LogP) is 1.65. The maximum absolute atomic E-state index is 6.07. The molecule has 0 spiro atoms. The number of rotatable bonds is 3. The smallest absolute Gasteiger partial charge is 0.0648 e. The average molecular weight is 256 g/mol. The molecule has 1 fully saturated rings. The van der Waals surface area contributed by atoms with Gasteiger partial charge in [0.15, 0.2) is 0 Å². The Balaban J connectivity index is 1.74. The van der Waals surface area contributed by atoms with E-state index in [2.05, 4.69) is 41.2 Å². The molecule has 4 nitrogen and oxygen atoms in total. The number of hydrogen-bond acceptors (Lipinski definition) is 3. The molecule has 1 aromatic heterocycles. The lowest BCUT2D eigenvalue weighted by molar-refractivity contribution is 0.319. The van der Waals surface area contributed by atoms with Gasteiger partial charge < -0.3 is 5.73 Å². The van der Waals surface area contributed by atoms with Gasteiger partial charge in [0.25, 0.3) is 0 Å². The molecule has 0 amide bonds. The minimum Gasteiger partial charge on any atom is -0.326 e. The molecule has 1 saturated heterocycles. The third-order valence-electron chi connectivity index (χ3n) is 3.83. The Hall–Kier alpha value is -1.65. The summed E-state index contributed by atoms with van der Waals surface area (Å²) in [4.78, 5) is 2.43. The van der Waals surface area contributed by atoms with Crippen molar-refractivity contribution in [1.82, 2.24) is 14.7 Å². The van der Waals surface area contributed by atoms with Gasteiger partial charge in [0.05, 0.1) is 5.69 Å². The Labute approximate surface area is 113 Å². The van der Waals surface area contributed by atoms with Crippen molar-refractivity contribution in [2.45, 2.75) is 19.5 Å². The van der Waals surface area contributed by atoms with Crippen LogP contribution in [0.2, 0.25) is 0 Å². The van der Waals surface area contributed by atoms with Crippen LogP contribution in [0.25, 0.3) is 5.69 Å². The molecule has 1 aliphatic heterocycles. The van der Waals surface area contributed by atoms with Gasteiger partial charge in [-0.2, -0.15) is 5.10 Å². The summed E-state index contributed by atoms with van der Waals surface area (Å²) in [7, 11) is 0. The van der Waals surface area contributed by atoms with Gasteiger partial charge in [-0.05, 0) is 29.7 Å². The zero-order valence-corrected chi connectivity index (χ0v) is 11.2. The maximum atomic E-state index is 6.07. The molecule has 0 radical (unpaired) electrons. The molecule has 0 bridgehead atoms. The van der Waals surface area contributed by atoms with Crippen molar-refractivity contribution in [3.05, 3.63) is 48.3 Å². The van der Waals surface area contributed by atoms with Crippen molar-refractivity contribution in [3.8, 4) is 5.69 Å². The van der Waals surface area contributed by atoms with Crippen LogP contribution < -0.4 is 5.73 Å². The van der Waals surface area contributed by atoms with Gasteiger partial charge >= 0.3 is 0 Å². The van der Waals surface area contributed by atoms with Crippen molar-refractivity contribution in [2.75, 3.05) is 13.1 Å². The second-order valence-electron chi connectivity index (χ2n) is 5.46. The number of hydrogen-bond donors (Lipinski definition) is 1. The molecule has 1 aliphatic rings. The highest BCUT2D eigenvalue weighted by Gasteiger charge is 2.26. The largest absolute Gasteiger partial charge is 0.326 e. The van der Waals surface area contributed by atoms with E-state index in [0.29, 0.717) is 12.0 Å². The van der Waals surface area contributed by atoms with E-state index in [1.54, 1.807) is 6.20 Å². The van der Waals surface area contributed by atoms with Crippen LogP contribution in [-0.4, -0.2) is 33.8 Å². The predicted molar refractivity (Wildman–Crippen MR) is 76.0 cm³/mol. The van der Waals surface area contributed by atoms with Gasteiger partial charge in [-0.3, -0.25) is 4.90 Å². The maximum Gasteiger partial charge on any atom is 0.0648 e. The van der Waals surface area contributed by atoms with Crippen molar-refractivity contribution in [2.24, 2.45) is 11.7 Å². The minimum atomic E-state index is 0.314. The van der Waals surface area contributed by atoms with Gasteiger partial charge in [-0.1, -0.05) is 19.1 Å². The second kappa shape index (κ2) is 5.15. The highest BCUT2D eigenvalue weighted by atomic mass is 15.3. The molecule has 19 heavy (non-hydrogen) atoms. The molecule has 2 N–H and O–H groups in total. The van der Waals surface area contributed by atoms with Crippen LogP contribution in [-0.2, 0) is 6.54 Å². The summed E-state index contributed by atoms with van der Waals surface area (Å²) in [6.45, 7) is 5.28. The van der Waals surface area contributed by atoms with E-state index < -0.39 is 0 Å². The Morgan fingerprint density at radius 3 is 2.89 bits per heavy atom. The van der Waals surface area contributed by atoms with Crippen molar-refractivity contribution < 1.29 is 0 Å². The summed E-state index contributed by atoms with van der Waals surface area (Å²) in [6, 6.07) is 10.8. The molecule has 2 aromatic rings. The van der Waals surface area contributed by atoms with Gasteiger partial charge in [0, 0.05) is 38.1 Å². The molecule has 1 aromatic carbocycles. The fraction of sp³-hybridized carbons (Fsp3) is 0.400. The van der Waals surface area contributed by atoms with Crippen LogP contribution in [0.5, 0.6) is 0 Å². The second-order valence-corrected chi connectivity index (χ2v) is 5.46. The van der Waals surface area contributed by atoms with Gasteiger partial charge in [-0.25, -0.2) is 4.68 Å². The summed E-state index contributed by atoms with van der Waals surface area (Å²) >= 11 is 0. The topological polar surface area (TPSA) is 47.1 Å². The number of likely N-dealkylation sites (tertiary alicyclic amines) is 1. The monoisotopic (exact) mass is 256 g/mol. The molecule has 2 atom stereocenters. The van der Waals surface area contributed by atoms with E-state index in [1.165, 1.54) is 5.56 Å². The molecule has 2 unspecified atom stereocenters. The van der Waals surface area contributed by atoms with Crippen LogP contribution in [0, 0.1) is 5.92 Å². The lowest BCUT2D eigenvalue weighted by atomic mass is 10.1. The van der Waals surface area contributed by atoms with E-state index in [4.69, 9.17) is 5.73 Å².